The minimum atomic E-state index is -1.14. The van der Waals surface area contributed by atoms with E-state index in [4.69, 9.17) is 9.84 Å². The van der Waals surface area contributed by atoms with E-state index in [2.05, 4.69) is 5.73 Å². The Hall–Kier alpha value is -0.200. The first-order chi connectivity index (χ1) is 5.09. The van der Waals surface area contributed by atoms with E-state index in [0.29, 0.717) is 0 Å². The van der Waals surface area contributed by atoms with E-state index < -0.39 is 30.5 Å². The number of ether oxygens (including phenoxy) is 1. The third kappa shape index (κ3) is 1.25. The van der Waals surface area contributed by atoms with Crippen LogP contribution in [0, 0.1) is 0 Å². The van der Waals surface area contributed by atoms with Crippen LogP contribution in [-0.4, -0.2) is 52.9 Å². The van der Waals surface area contributed by atoms with E-state index in [1.165, 1.54) is 7.11 Å². The Morgan fingerprint density at radius 2 is 1.64 bits per heavy atom. The second-order valence-electron chi connectivity index (χ2n) is 2.84. The molecule has 0 aromatic rings. The highest BCUT2D eigenvalue weighted by molar-refractivity contribution is 4.98. The highest BCUT2D eigenvalue weighted by Gasteiger charge is 2.50. The summed E-state index contributed by atoms with van der Waals surface area (Å²) < 4.78 is 4.84. The minimum absolute atomic E-state index is 0.468. The molecule has 1 aliphatic carbocycles. The average molecular weight is 164 g/mol. The Kier molecular flexibility index (Phi) is 2.46. The Morgan fingerprint density at radius 3 is 1.82 bits per heavy atom. The predicted octanol–water partition coefficient (Wildman–Crippen LogP) is -3.29. The average Bonchev–Trinajstić information content (AvgIpc) is 2.17. The lowest BCUT2D eigenvalue weighted by Gasteiger charge is -2.14. The maximum atomic E-state index is 9.22. The maximum absolute atomic E-state index is 9.22. The summed E-state index contributed by atoms with van der Waals surface area (Å²) >= 11 is 0. The summed E-state index contributed by atoms with van der Waals surface area (Å²) in [6, 6.07) is -0.468. The van der Waals surface area contributed by atoms with Crippen LogP contribution in [-0.2, 0) is 4.74 Å². The molecule has 1 aliphatic rings. The molecule has 0 spiro atoms. The van der Waals surface area contributed by atoms with Gasteiger partial charge in [-0.1, -0.05) is 0 Å². The molecule has 5 atom stereocenters. The third-order valence-electron chi connectivity index (χ3n) is 2.17. The van der Waals surface area contributed by atoms with Crippen LogP contribution in [0.25, 0.3) is 0 Å². The van der Waals surface area contributed by atoms with Gasteiger partial charge in [0.25, 0.3) is 0 Å². The van der Waals surface area contributed by atoms with Crippen molar-refractivity contribution in [1.82, 2.24) is 0 Å². The van der Waals surface area contributed by atoms with Gasteiger partial charge in [0.2, 0.25) is 0 Å². The fourth-order valence-corrected chi connectivity index (χ4v) is 1.41. The van der Waals surface area contributed by atoms with Gasteiger partial charge in [-0.3, -0.25) is 0 Å². The van der Waals surface area contributed by atoms with Crippen LogP contribution in [0.5, 0.6) is 0 Å². The maximum Gasteiger partial charge on any atom is 0.142 e. The molecule has 0 aromatic carbocycles. The largest absolute Gasteiger partial charge is 0.387 e. The number of hydrogen-bond donors (Lipinski definition) is 4. The molecule has 1 saturated carbocycles. The van der Waals surface area contributed by atoms with E-state index in [-0.39, 0.29) is 0 Å². The number of aliphatic hydroxyl groups is 3. The van der Waals surface area contributed by atoms with Gasteiger partial charge in [0, 0.05) is 7.11 Å². The zero-order valence-corrected chi connectivity index (χ0v) is 6.34. The molecular formula is C6H14NO4+. The Bertz CT molecular complexity index is 129. The van der Waals surface area contributed by atoms with Gasteiger partial charge in [0.15, 0.2) is 0 Å². The summed E-state index contributed by atoms with van der Waals surface area (Å²) in [5.74, 6) is 0. The van der Waals surface area contributed by atoms with Crippen LogP contribution in [0.1, 0.15) is 0 Å². The summed E-state index contributed by atoms with van der Waals surface area (Å²) in [6.07, 6.45) is -3.73. The molecule has 1 rings (SSSR count). The summed E-state index contributed by atoms with van der Waals surface area (Å²) in [5.41, 5.74) is 3.58. The van der Waals surface area contributed by atoms with Crippen molar-refractivity contribution in [3.8, 4) is 0 Å². The fraction of sp³-hybridized carbons (Fsp3) is 1.00. The molecule has 1 fully saturated rings. The summed E-state index contributed by atoms with van der Waals surface area (Å²) in [7, 11) is 1.41. The predicted molar refractivity (Wildman–Crippen MR) is 35.5 cm³/mol. The van der Waals surface area contributed by atoms with Crippen molar-refractivity contribution in [2.24, 2.45) is 0 Å². The van der Waals surface area contributed by atoms with E-state index in [9.17, 15) is 10.2 Å². The van der Waals surface area contributed by atoms with E-state index in [1.54, 1.807) is 0 Å². The van der Waals surface area contributed by atoms with E-state index in [1.807, 2.05) is 0 Å². The second-order valence-corrected chi connectivity index (χ2v) is 2.84. The molecule has 0 heterocycles. The Labute approximate surface area is 64.4 Å². The number of rotatable bonds is 1. The lowest BCUT2D eigenvalue weighted by molar-refractivity contribution is -0.450. The van der Waals surface area contributed by atoms with Gasteiger partial charge in [-0.2, -0.15) is 0 Å². The first-order valence-corrected chi connectivity index (χ1v) is 3.49. The Morgan fingerprint density at radius 1 is 1.09 bits per heavy atom. The quantitative estimate of drug-likeness (QED) is 0.326. The smallest absolute Gasteiger partial charge is 0.142 e. The molecule has 66 valence electrons. The molecule has 0 bridgehead atoms. The molecule has 0 amide bonds. The first-order valence-electron chi connectivity index (χ1n) is 3.49. The van der Waals surface area contributed by atoms with Gasteiger partial charge < -0.3 is 25.8 Å². The lowest BCUT2D eigenvalue weighted by Crippen LogP contribution is -2.70. The van der Waals surface area contributed by atoms with Crippen LogP contribution in [0.15, 0.2) is 0 Å². The third-order valence-corrected chi connectivity index (χ3v) is 2.17. The monoisotopic (exact) mass is 164 g/mol. The summed E-state index contributed by atoms with van der Waals surface area (Å²) in [4.78, 5) is 0. The minimum Gasteiger partial charge on any atom is -0.387 e. The molecule has 6 N–H and O–H groups in total. The molecule has 0 saturated heterocycles. The van der Waals surface area contributed by atoms with Crippen LogP contribution in [0.2, 0.25) is 0 Å². The van der Waals surface area contributed by atoms with Gasteiger partial charge in [-0.25, -0.2) is 0 Å². The fourth-order valence-electron chi connectivity index (χ4n) is 1.41. The molecular weight excluding hydrogens is 150 g/mol. The van der Waals surface area contributed by atoms with Crippen molar-refractivity contribution >= 4 is 0 Å². The second kappa shape index (κ2) is 3.04. The first kappa shape index (κ1) is 8.89. The van der Waals surface area contributed by atoms with Crippen molar-refractivity contribution in [3.05, 3.63) is 0 Å². The van der Waals surface area contributed by atoms with Gasteiger partial charge in [-0.15, -0.1) is 0 Å². The van der Waals surface area contributed by atoms with Crippen LogP contribution in [0.3, 0.4) is 0 Å². The molecule has 0 unspecified atom stereocenters. The number of hydrogen-bond acceptors (Lipinski definition) is 4. The molecule has 5 nitrogen and oxygen atoms in total. The number of quaternary nitrogens is 1. The van der Waals surface area contributed by atoms with Gasteiger partial charge in [0.05, 0.1) is 0 Å². The van der Waals surface area contributed by atoms with Crippen LogP contribution >= 0.6 is 0 Å². The highest BCUT2D eigenvalue weighted by atomic mass is 16.5. The van der Waals surface area contributed by atoms with Crippen molar-refractivity contribution in [2.75, 3.05) is 7.11 Å². The lowest BCUT2D eigenvalue weighted by atomic mass is 10.2. The molecule has 0 aromatic heterocycles. The Balaban J connectivity index is 2.69. The van der Waals surface area contributed by atoms with Crippen LogP contribution < -0.4 is 5.73 Å². The normalized spacial score (nSPS) is 51.5. The van der Waals surface area contributed by atoms with Crippen molar-refractivity contribution < 1.29 is 25.8 Å². The molecule has 5 heteroatoms. The van der Waals surface area contributed by atoms with Crippen molar-refractivity contribution in [1.29, 1.82) is 0 Å². The number of aliphatic hydroxyl groups excluding tert-OH is 3. The van der Waals surface area contributed by atoms with Crippen molar-refractivity contribution in [2.45, 2.75) is 30.5 Å². The van der Waals surface area contributed by atoms with E-state index in [0.717, 1.165) is 0 Å². The van der Waals surface area contributed by atoms with E-state index >= 15 is 0 Å². The van der Waals surface area contributed by atoms with Gasteiger partial charge >= 0.3 is 0 Å². The van der Waals surface area contributed by atoms with Gasteiger partial charge in [0.1, 0.15) is 30.5 Å². The van der Waals surface area contributed by atoms with Crippen LogP contribution in [0.4, 0.5) is 0 Å². The number of methoxy groups -OCH3 is 1. The molecule has 0 radical (unpaired) electrons. The SMILES string of the molecule is CO[C@@H]1[C@@H]([NH3+])[C@@H](O)[C@@H](O)[C@H]1O. The molecule has 11 heavy (non-hydrogen) atoms. The highest BCUT2D eigenvalue weighted by Crippen LogP contribution is 2.20. The standard InChI is InChI=1S/C6H13NO4/c1-11-6-2(7)3(8)4(9)5(6)10/h2-6,8-10H,7H2,1H3/p+1/t2-,3+,4+,5+,6+/m0/s1. The van der Waals surface area contributed by atoms with Gasteiger partial charge in [-0.05, 0) is 0 Å². The summed E-state index contributed by atoms with van der Waals surface area (Å²) in [5, 5.41) is 27.5. The summed E-state index contributed by atoms with van der Waals surface area (Å²) in [6.45, 7) is 0. The molecule has 0 aliphatic heterocycles. The zero-order chi connectivity index (χ0) is 8.59. The topological polar surface area (TPSA) is 97.6 Å². The zero-order valence-electron chi connectivity index (χ0n) is 6.34. The van der Waals surface area contributed by atoms with Crippen molar-refractivity contribution in [3.63, 3.8) is 0 Å².